The number of nitriles is 1. The average molecular weight is 433 g/mol. The molecule has 0 amide bonds. The Hall–Kier alpha value is -0.100. The lowest BCUT2D eigenvalue weighted by Crippen LogP contribution is -2.16. The lowest BCUT2D eigenvalue weighted by Gasteiger charge is -2.10. The van der Waals surface area contributed by atoms with E-state index >= 15 is 0 Å². The van der Waals surface area contributed by atoms with Crippen molar-refractivity contribution in [3.05, 3.63) is 25.6 Å². The van der Waals surface area contributed by atoms with E-state index in [2.05, 4.69) is 52.5 Å². The van der Waals surface area contributed by atoms with Crippen molar-refractivity contribution < 1.29 is 8.42 Å². The topological polar surface area (TPSA) is 70.0 Å². The molecule has 1 aromatic carbocycles. The maximum Gasteiger partial charge on any atom is 0.246 e. The molecule has 0 saturated carbocycles. The second-order valence-corrected chi connectivity index (χ2v) is 7.11. The summed E-state index contributed by atoms with van der Waals surface area (Å²) in [5.41, 5.74) is 0.374. The molecule has 1 N–H and O–H groups in total. The van der Waals surface area contributed by atoms with Gasteiger partial charge in [0.1, 0.15) is 0 Å². The van der Waals surface area contributed by atoms with Crippen molar-refractivity contribution in [1.29, 1.82) is 5.26 Å². The fraction of sp³-hybridized carbons (Fsp3) is 0.125. The average Bonchev–Trinajstić information content (AvgIpc) is 2.11. The third-order valence-corrected chi connectivity index (χ3v) is 4.25. The van der Waals surface area contributed by atoms with Gasteiger partial charge in [0.25, 0.3) is 0 Å². The van der Waals surface area contributed by atoms with E-state index in [1.165, 1.54) is 0 Å². The third kappa shape index (κ3) is 3.73. The molecule has 1 aromatic rings. The third-order valence-electron chi connectivity index (χ3n) is 1.52. The van der Waals surface area contributed by atoms with Crippen LogP contribution in [-0.4, -0.2) is 14.2 Å². The number of hydrogen-bond donors (Lipinski definition) is 1. The zero-order chi connectivity index (χ0) is 12.3. The predicted octanol–water partition coefficient (Wildman–Crippen LogP) is 3.24. The van der Waals surface area contributed by atoms with Gasteiger partial charge < -0.3 is 0 Å². The Bertz CT molecular complexity index is 528. The van der Waals surface area contributed by atoms with Crippen LogP contribution in [0.2, 0.25) is 0 Å². The number of benzene rings is 1. The maximum absolute atomic E-state index is 11.4. The summed E-state index contributed by atoms with van der Waals surface area (Å²) >= 11 is 9.73. The van der Waals surface area contributed by atoms with Crippen molar-refractivity contribution in [2.24, 2.45) is 0 Å². The van der Waals surface area contributed by atoms with E-state index < -0.39 is 15.8 Å². The molecule has 0 fully saturated rings. The molecule has 0 unspecified atom stereocenters. The van der Waals surface area contributed by atoms with Crippen molar-refractivity contribution >= 4 is 63.5 Å². The Kier molecular flexibility index (Phi) is 4.79. The molecule has 1 rings (SSSR count). The minimum Gasteiger partial charge on any atom is -0.280 e. The van der Waals surface area contributed by atoms with Crippen molar-refractivity contribution in [3.63, 3.8) is 0 Å². The van der Waals surface area contributed by atoms with Crippen molar-refractivity contribution in [3.8, 4) is 6.07 Å². The van der Waals surface area contributed by atoms with E-state index in [1.807, 2.05) is 0 Å². The number of sulfonamides is 1. The summed E-state index contributed by atoms with van der Waals surface area (Å²) < 4.78 is 27.1. The fourth-order valence-corrected chi connectivity index (χ4v) is 4.41. The molecule has 0 aliphatic heterocycles. The molecule has 0 aromatic heterocycles. The van der Waals surface area contributed by atoms with Crippen molar-refractivity contribution in [2.45, 2.75) is 0 Å². The molecule has 4 nitrogen and oxygen atoms in total. The Morgan fingerprint density at radius 2 is 1.75 bits per heavy atom. The number of nitrogens with zero attached hydrogens (tertiary/aromatic N) is 1. The SMILES string of the molecule is N#CCS(=O)(=O)Nc1c(Br)cc(Br)cc1Br. The van der Waals surface area contributed by atoms with Gasteiger partial charge in [-0.25, -0.2) is 8.42 Å². The van der Waals surface area contributed by atoms with Gasteiger partial charge >= 0.3 is 0 Å². The second-order valence-electron chi connectivity index (χ2n) is 2.76. The van der Waals surface area contributed by atoms with Crippen LogP contribution in [0, 0.1) is 11.3 Å². The lowest BCUT2D eigenvalue weighted by atomic mass is 10.3. The predicted molar refractivity (Wildman–Crippen MR) is 72.6 cm³/mol. The van der Waals surface area contributed by atoms with Gasteiger partial charge in [-0.05, 0) is 44.0 Å². The number of anilines is 1. The minimum atomic E-state index is -3.63. The standard InChI is InChI=1S/C8H5Br3N2O2S/c9-5-3-6(10)8(7(11)4-5)13-16(14,15)2-1-12/h3-4,13H,2H2. The quantitative estimate of drug-likeness (QED) is 0.797. The highest BCUT2D eigenvalue weighted by Gasteiger charge is 2.14. The summed E-state index contributed by atoms with van der Waals surface area (Å²) in [4.78, 5) is 0. The summed E-state index contributed by atoms with van der Waals surface area (Å²) in [6.07, 6.45) is 0. The number of rotatable bonds is 3. The molecule has 8 heteroatoms. The summed E-state index contributed by atoms with van der Waals surface area (Å²) in [6.45, 7) is 0. The van der Waals surface area contributed by atoms with Crippen LogP contribution in [0.5, 0.6) is 0 Å². The van der Waals surface area contributed by atoms with Gasteiger partial charge in [0, 0.05) is 13.4 Å². The van der Waals surface area contributed by atoms with E-state index in [4.69, 9.17) is 5.26 Å². The minimum absolute atomic E-state index is 0.374. The smallest absolute Gasteiger partial charge is 0.246 e. The highest BCUT2D eigenvalue weighted by molar-refractivity contribution is 9.11. The monoisotopic (exact) mass is 430 g/mol. The van der Waals surface area contributed by atoms with Gasteiger partial charge in [0.2, 0.25) is 10.0 Å². The highest BCUT2D eigenvalue weighted by Crippen LogP contribution is 2.34. The van der Waals surface area contributed by atoms with E-state index in [0.717, 1.165) is 4.47 Å². The van der Waals surface area contributed by atoms with Gasteiger partial charge in [-0.1, -0.05) is 15.9 Å². The van der Waals surface area contributed by atoms with Crippen LogP contribution in [0.3, 0.4) is 0 Å². The second kappa shape index (κ2) is 5.49. The molecule has 86 valence electrons. The van der Waals surface area contributed by atoms with Crippen LogP contribution in [-0.2, 0) is 10.0 Å². The van der Waals surface area contributed by atoms with Crippen molar-refractivity contribution in [2.75, 3.05) is 10.5 Å². The Morgan fingerprint density at radius 1 is 1.25 bits per heavy atom. The molecule has 0 atom stereocenters. The number of hydrogen-bond acceptors (Lipinski definition) is 3. The first-order valence-corrected chi connectivity index (χ1v) is 7.91. The van der Waals surface area contributed by atoms with Gasteiger partial charge in [-0.3, -0.25) is 4.72 Å². The zero-order valence-corrected chi connectivity index (χ0v) is 13.2. The molecular formula is C8H5Br3N2O2S. The summed E-state index contributed by atoms with van der Waals surface area (Å²) in [5.74, 6) is -0.581. The summed E-state index contributed by atoms with van der Waals surface area (Å²) in [5, 5.41) is 8.36. The van der Waals surface area contributed by atoms with E-state index in [-0.39, 0.29) is 0 Å². The molecule has 0 spiro atoms. The van der Waals surface area contributed by atoms with Crippen molar-refractivity contribution in [1.82, 2.24) is 0 Å². The summed E-state index contributed by atoms with van der Waals surface area (Å²) in [6, 6.07) is 4.99. The molecule has 0 aliphatic rings. The molecule has 16 heavy (non-hydrogen) atoms. The zero-order valence-electron chi connectivity index (χ0n) is 7.67. The first kappa shape index (κ1) is 14.0. The molecule has 0 heterocycles. The van der Waals surface area contributed by atoms with Gasteiger partial charge in [0.05, 0.1) is 11.8 Å². The van der Waals surface area contributed by atoms with Crippen LogP contribution in [0.25, 0.3) is 0 Å². The van der Waals surface area contributed by atoms with Gasteiger partial charge in [-0.2, -0.15) is 5.26 Å². The molecular weight excluding hydrogens is 428 g/mol. The molecule has 0 saturated heterocycles. The van der Waals surface area contributed by atoms with Crippen LogP contribution >= 0.6 is 47.8 Å². The van der Waals surface area contributed by atoms with Crippen LogP contribution in [0.4, 0.5) is 5.69 Å². The Labute approximate surface area is 118 Å². The molecule has 0 aliphatic carbocycles. The normalized spacial score (nSPS) is 10.9. The number of halogens is 3. The van der Waals surface area contributed by atoms with E-state index in [9.17, 15) is 8.42 Å². The van der Waals surface area contributed by atoms with Crippen LogP contribution in [0.15, 0.2) is 25.6 Å². The van der Waals surface area contributed by atoms with E-state index in [1.54, 1.807) is 18.2 Å². The van der Waals surface area contributed by atoms with Crippen LogP contribution < -0.4 is 4.72 Å². The van der Waals surface area contributed by atoms with Gasteiger partial charge in [-0.15, -0.1) is 0 Å². The highest BCUT2D eigenvalue weighted by atomic mass is 79.9. The first-order valence-electron chi connectivity index (χ1n) is 3.87. The summed E-state index contributed by atoms with van der Waals surface area (Å²) in [7, 11) is -3.63. The molecule has 0 radical (unpaired) electrons. The lowest BCUT2D eigenvalue weighted by molar-refractivity contribution is 0.604. The van der Waals surface area contributed by atoms with Crippen LogP contribution in [0.1, 0.15) is 0 Å². The molecule has 0 bridgehead atoms. The number of nitrogens with one attached hydrogen (secondary N) is 1. The first-order chi connectivity index (χ1) is 7.35. The Morgan fingerprint density at radius 3 is 2.19 bits per heavy atom. The fourth-order valence-electron chi connectivity index (χ4n) is 0.916. The largest absolute Gasteiger partial charge is 0.280 e. The maximum atomic E-state index is 11.4. The van der Waals surface area contributed by atoms with Gasteiger partial charge in [0.15, 0.2) is 5.75 Å². The van der Waals surface area contributed by atoms with E-state index in [0.29, 0.717) is 14.6 Å². The Balaban J connectivity index is 3.13.